The zero-order chi connectivity index (χ0) is 14.4. The van der Waals surface area contributed by atoms with Crippen LogP contribution in [0.3, 0.4) is 0 Å². The van der Waals surface area contributed by atoms with E-state index in [1.54, 1.807) is 0 Å². The molecular formula is C15H22N2O3. The highest BCUT2D eigenvalue weighted by molar-refractivity contribution is 5.78. The van der Waals surface area contributed by atoms with E-state index in [0.29, 0.717) is 12.4 Å². The van der Waals surface area contributed by atoms with Crippen molar-refractivity contribution in [3.63, 3.8) is 0 Å². The van der Waals surface area contributed by atoms with Crippen LogP contribution in [0.2, 0.25) is 0 Å². The molecule has 0 radical (unpaired) electrons. The maximum atomic E-state index is 12.1. The van der Waals surface area contributed by atoms with Crippen molar-refractivity contribution in [2.45, 2.75) is 19.9 Å². The van der Waals surface area contributed by atoms with Crippen molar-refractivity contribution in [1.29, 1.82) is 0 Å². The molecule has 20 heavy (non-hydrogen) atoms. The summed E-state index contributed by atoms with van der Waals surface area (Å²) in [5, 5.41) is 3.26. The molecular weight excluding hydrogens is 256 g/mol. The first-order valence-electron chi connectivity index (χ1n) is 7.06. The average Bonchev–Trinajstić information content (AvgIpc) is 2.47. The molecule has 0 aromatic heterocycles. The van der Waals surface area contributed by atoms with E-state index < -0.39 is 0 Å². The van der Waals surface area contributed by atoms with E-state index in [2.05, 4.69) is 5.32 Å². The van der Waals surface area contributed by atoms with Crippen LogP contribution in [0, 0.1) is 0 Å². The van der Waals surface area contributed by atoms with Gasteiger partial charge in [0.1, 0.15) is 11.5 Å². The van der Waals surface area contributed by atoms with Gasteiger partial charge in [0.2, 0.25) is 0 Å². The van der Waals surface area contributed by atoms with Gasteiger partial charge in [0.15, 0.2) is 6.61 Å². The van der Waals surface area contributed by atoms with Crippen LogP contribution in [0.15, 0.2) is 24.3 Å². The summed E-state index contributed by atoms with van der Waals surface area (Å²) in [6.45, 7) is 7.14. The van der Waals surface area contributed by atoms with Crippen molar-refractivity contribution < 1.29 is 14.3 Å². The standard InChI is InChI=1S/C15H22N2O3/c1-3-19-13-4-6-14(7-5-13)20-11-15(18)17-9-8-16-10-12(17)2/h4-7,12,16H,3,8-11H2,1-2H3/t12-/m0/s1. The van der Waals surface area contributed by atoms with Gasteiger partial charge < -0.3 is 19.7 Å². The molecule has 1 fully saturated rings. The zero-order valence-electron chi connectivity index (χ0n) is 12.1. The number of rotatable bonds is 5. The number of carbonyl (C=O) groups excluding carboxylic acids is 1. The SMILES string of the molecule is CCOc1ccc(OCC(=O)N2CCNC[C@@H]2C)cc1. The van der Waals surface area contributed by atoms with Gasteiger partial charge in [-0.15, -0.1) is 0 Å². The lowest BCUT2D eigenvalue weighted by Crippen LogP contribution is -2.53. The summed E-state index contributed by atoms with van der Waals surface area (Å²) in [7, 11) is 0. The van der Waals surface area contributed by atoms with Crippen molar-refractivity contribution in [1.82, 2.24) is 10.2 Å². The smallest absolute Gasteiger partial charge is 0.260 e. The minimum Gasteiger partial charge on any atom is -0.494 e. The number of nitrogens with zero attached hydrogens (tertiary/aromatic N) is 1. The maximum Gasteiger partial charge on any atom is 0.260 e. The van der Waals surface area contributed by atoms with Gasteiger partial charge in [-0.2, -0.15) is 0 Å². The normalized spacial score (nSPS) is 18.7. The first-order chi connectivity index (χ1) is 9.70. The Morgan fingerprint density at radius 1 is 1.30 bits per heavy atom. The minimum atomic E-state index is 0.0351. The van der Waals surface area contributed by atoms with Gasteiger partial charge in [0, 0.05) is 25.7 Å². The highest BCUT2D eigenvalue weighted by atomic mass is 16.5. The van der Waals surface area contributed by atoms with Crippen molar-refractivity contribution >= 4 is 5.91 Å². The number of ether oxygens (including phenoxy) is 2. The van der Waals surface area contributed by atoms with E-state index in [0.717, 1.165) is 25.4 Å². The number of benzene rings is 1. The second-order valence-electron chi connectivity index (χ2n) is 4.83. The molecule has 5 heteroatoms. The summed E-state index contributed by atoms with van der Waals surface area (Å²) in [6.07, 6.45) is 0. The quantitative estimate of drug-likeness (QED) is 0.881. The Hall–Kier alpha value is -1.75. The van der Waals surface area contributed by atoms with E-state index in [1.165, 1.54) is 0 Å². The summed E-state index contributed by atoms with van der Waals surface area (Å²) < 4.78 is 10.9. The Morgan fingerprint density at radius 2 is 1.95 bits per heavy atom. The molecule has 1 aliphatic heterocycles. The fourth-order valence-corrected chi connectivity index (χ4v) is 2.24. The Morgan fingerprint density at radius 3 is 2.55 bits per heavy atom. The van der Waals surface area contributed by atoms with Gasteiger partial charge in [-0.3, -0.25) is 4.79 Å². The summed E-state index contributed by atoms with van der Waals surface area (Å²) in [4.78, 5) is 14.0. The van der Waals surface area contributed by atoms with Crippen LogP contribution in [0.25, 0.3) is 0 Å². The molecule has 1 aromatic rings. The van der Waals surface area contributed by atoms with Crippen molar-refractivity contribution in [2.24, 2.45) is 0 Å². The third kappa shape index (κ3) is 3.87. The maximum absolute atomic E-state index is 12.1. The molecule has 1 N–H and O–H groups in total. The molecule has 0 bridgehead atoms. The van der Waals surface area contributed by atoms with Crippen molar-refractivity contribution in [3.05, 3.63) is 24.3 Å². The molecule has 0 saturated carbocycles. The Kier molecular flexibility index (Phi) is 5.24. The van der Waals surface area contributed by atoms with Crippen molar-refractivity contribution in [3.8, 4) is 11.5 Å². The number of piperazine rings is 1. The average molecular weight is 278 g/mol. The molecule has 1 atom stereocenters. The number of carbonyl (C=O) groups is 1. The fourth-order valence-electron chi connectivity index (χ4n) is 2.24. The predicted molar refractivity (Wildman–Crippen MR) is 77.2 cm³/mol. The largest absolute Gasteiger partial charge is 0.494 e. The molecule has 0 unspecified atom stereocenters. The van der Waals surface area contributed by atoms with E-state index in [4.69, 9.17) is 9.47 Å². The third-order valence-corrected chi connectivity index (χ3v) is 3.32. The predicted octanol–water partition coefficient (Wildman–Crippen LogP) is 1.28. The summed E-state index contributed by atoms with van der Waals surface area (Å²) in [5.74, 6) is 1.53. The van der Waals surface area contributed by atoms with Crippen LogP contribution >= 0.6 is 0 Å². The van der Waals surface area contributed by atoms with Gasteiger partial charge in [0.25, 0.3) is 5.91 Å². The lowest BCUT2D eigenvalue weighted by Gasteiger charge is -2.33. The number of nitrogens with one attached hydrogen (secondary N) is 1. The highest BCUT2D eigenvalue weighted by Gasteiger charge is 2.22. The second kappa shape index (κ2) is 7.14. The summed E-state index contributed by atoms with van der Waals surface area (Å²) in [5.41, 5.74) is 0. The van der Waals surface area contributed by atoms with E-state index in [1.807, 2.05) is 43.0 Å². The zero-order valence-corrected chi connectivity index (χ0v) is 12.1. The van der Waals surface area contributed by atoms with E-state index in [9.17, 15) is 4.79 Å². The first kappa shape index (κ1) is 14.7. The van der Waals surface area contributed by atoms with Gasteiger partial charge in [-0.25, -0.2) is 0 Å². The van der Waals surface area contributed by atoms with Crippen LogP contribution in [0.5, 0.6) is 11.5 Å². The molecule has 2 rings (SSSR count). The molecule has 1 aromatic carbocycles. The van der Waals surface area contributed by atoms with Crippen LogP contribution in [-0.2, 0) is 4.79 Å². The molecule has 0 spiro atoms. The molecule has 5 nitrogen and oxygen atoms in total. The molecule has 110 valence electrons. The minimum absolute atomic E-state index is 0.0351. The molecule has 1 saturated heterocycles. The lowest BCUT2D eigenvalue weighted by atomic mass is 10.2. The van der Waals surface area contributed by atoms with E-state index >= 15 is 0 Å². The molecule has 1 aliphatic rings. The first-order valence-corrected chi connectivity index (χ1v) is 7.06. The van der Waals surface area contributed by atoms with Gasteiger partial charge in [0.05, 0.1) is 6.61 Å². The molecule has 1 heterocycles. The number of hydrogen-bond donors (Lipinski definition) is 1. The monoisotopic (exact) mass is 278 g/mol. The third-order valence-electron chi connectivity index (χ3n) is 3.32. The Balaban J connectivity index is 1.83. The van der Waals surface area contributed by atoms with Crippen LogP contribution < -0.4 is 14.8 Å². The van der Waals surface area contributed by atoms with Crippen LogP contribution in [0.1, 0.15) is 13.8 Å². The van der Waals surface area contributed by atoms with Crippen molar-refractivity contribution in [2.75, 3.05) is 32.8 Å². The topological polar surface area (TPSA) is 50.8 Å². The summed E-state index contributed by atoms with van der Waals surface area (Å²) in [6, 6.07) is 7.55. The van der Waals surface area contributed by atoms with E-state index in [-0.39, 0.29) is 18.6 Å². The van der Waals surface area contributed by atoms with Crippen LogP contribution in [0.4, 0.5) is 0 Å². The lowest BCUT2D eigenvalue weighted by molar-refractivity contribution is -0.136. The summed E-state index contributed by atoms with van der Waals surface area (Å²) >= 11 is 0. The van der Waals surface area contributed by atoms with Gasteiger partial charge >= 0.3 is 0 Å². The van der Waals surface area contributed by atoms with Gasteiger partial charge in [-0.05, 0) is 38.1 Å². The van der Waals surface area contributed by atoms with Crippen LogP contribution in [-0.4, -0.2) is 49.7 Å². The molecule has 1 amide bonds. The Labute approximate surface area is 119 Å². The van der Waals surface area contributed by atoms with Gasteiger partial charge in [-0.1, -0.05) is 0 Å². The number of amides is 1. The number of hydrogen-bond acceptors (Lipinski definition) is 4. The Bertz CT molecular complexity index is 433. The highest BCUT2D eigenvalue weighted by Crippen LogP contribution is 2.17. The molecule has 0 aliphatic carbocycles. The fraction of sp³-hybridized carbons (Fsp3) is 0.533. The second-order valence-corrected chi connectivity index (χ2v) is 4.83.